The largest absolute Gasteiger partial charge is 0.338 e. The first-order chi connectivity index (χ1) is 12.1. The van der Waals surface area contributed by atoms with Gasteiger partial charge in [0.2, 0.25) is 11.8 Å². The van der Waals surface area contributed by atoms with Crippen molar-refractivity contribution in [3.63, 3.8) is 0 Å². The Morgan fingerprint density at radius 1 is 1.28 bits per heavy atom. The van der Waals surface area contributed by atoms with Crippen molar-refractivity contribution in [1.29, 1.82) is 0 Å². The predicted octanol–water partition coefficient (Wildman–Crippen LogP) is 2.04. The van der Waals surface area contributed by atoms with Gasteiger partial charge in [-0.15, -0.1) is 0 Å². The van der Waals surface area contributed by atoms with E-state index in [1.165, 1.54) is 5.57 Å². The molecule has 1 saturated heterocycles. The molecule has 1 aromatic rings. The Balaban J connectivity index is 1.67. The summed E-state index contributed by atoms with van der Waals surface area (Å²) in [4.78, 5) is 30.0. The molecule has 2 amide bonds. The van der Waals surface area contributed by atoms with E-state index >= 15 is 0 Å². The van der Waals surface area contributed by atoms with Crippen molar-refractivity contribution in [2.45, 2.75) is 51.1 Å². The van der Waals surface area contributed by atoms with Crippen molar-refractivity contribution in [3.8, 4) is 0 Å². The number of aromatic nitrogens is 2. The van der Waals surface area contributed by atoms with Gasteiger partial charge in [0.05, 0.1) is 17.7 Å². The SMILES string of the molecule is CC1=CCCN(C(=O)[C@H]2CCC(=O)N(C3CC3)[C@@H]2c2ccnn2C)C1. The Morgan fingerprint density at radius 3 is 2.72 bits per heavy atom. The fraction of sp³-hybridized carbons (Fsp3) is 0.632. The van der Waals surface area contributed by atoms with Gasteiger partial charge in [0.15, 0.2) is 0 Å². The maximum atomic E-state index is 13.3. The molecule has 134 valence electrons. The zero-order valence-electron chi connectivity index (χ0n) is 15.0. The van der Waals surface area contributed by atoms with E-state index in [2.05, 4.69) is 18.1 Å². The van der Waals surface area contributed by atoms with Gasteiger partial charge in [0.1, 0.15) is 0 Å². The zero-order chi connectivity index (χ0) is 17.6. The van der Waals surface area contributed by atoms with Gasteiger partial charge in [-0.2, -0.15) is 5.10 Å². The second-order valence-corrected chi connectivity index (χ2v) is 7.60. The number of amides is 2. The van der Waals surface area contributed by atoms with E-state index in [9.17, 15) is 9.59 Å². The molecule has 0 spiro atoms. The van der Waals surface area contributed by atoms with Crippen molar-refractivity contribution in [2.24, 2.45) is 13.0 Å². The molecule has 6 nitrogen and oxygen atoms in total. The van der Waals surface area contributed by atoms with Gasteiger partial charge in [-0.05, 0) is 38.7 Å². The zero-order valence-corrected chi connectivity index (χ0v) is 15.0. The second-order valence-electron chi connectivity index (χ2n) is 7.60. The Morgan fingerprint density at radius 2 is 2.08 bits per heavy atom. The number of carbonyl (C=O) groups is 2. The van der Waals surface area contributed by atoms with Crippen LogP contribution in [0.1, 0.15) is 50.8 Å². The first-order valence-electron chi connectivity index (χ1n) is 9.29. The smallest absolute Gasteiger partial charge is 0.228 e. The summed E-state index contributed by atoms with van der Waals surface area (Å²) in [6.07, 6.45) is 8.10. The highest BCUT2D eigenvalue weighted by atomic mass is 16.2. The van der Waals surface area contributed by atoms with Crippen LogP contribution in [0.15, 0.2) is 23.9 Å². The average molecular weight is 342 g/mol. The molecule has 25 heavy (non-hydrogen) atoms. The molecule has 0 bridgehead atoms. The molecule has 4 rings (SSSR count). The average Bonchev–Trinajstić information content (AvgIpc) is 3.35. The van der Waals surface area contributed by atoms with Crippen LogP contribution in [0.4, 0.5) is 0 Å². The number of piperidine rings is 1. The summed E-state index contributed by atoms with van der Waals surface area (Å²) in [5.74, 6) is 0.212. The highest BCUT2D eigenvalue weighted by molar-refractivity contribution is 5.85. The van der Waals surface area contributed by atoms with E-state index < -0.39 is 0 Å². The van der Waals surface area contributed by atoms with E-state index in [1.54, 1.807) is 6.20 Å². The lowest BCUT2D eigenvalue weighted by atomic mass is 9.84. The minimum absolute atomic E-state index is 0.167. The molecule has 1 saturated carbocycles. The van der Waals surface area contributed by atoms with E-state index in [4.69, 9.17) is 0 Å². The van der Waals surface area contributed by atoms with Gasteiger partial charge < -0.3 is 9.80 Å². The first-order valence-corrected chi connectivity index (χ1v) is 9.29. The fourth-order valence-electron chi connectivity index (χ4n) is 4.31. The molecule has 3 heterocycles. The molecule has 0 unspecified atom stereocenters. The number of aryl methyl sites for hydroxylation is 1. The number of carbonyl (C=O) groups excluding carboxylic acids is 2. The first kappa shape index (κ1) is 16.4. The summed E-state index contributed by atoms with van der Waals surface area (Å²) in [6, 6.07) is 2.08. The van der Waals surface area contributed by atoms with E-state index in [1.807, 2.05) is 27.6 Å². The molecule has 3 aliphatic rings. The topological polar surface area (TPSA) is 58.4 Å². The Kier molecular flexibility index (Phi) is 4.13. The fourth-order valence-corrected chi connectivity index (χ4v) is 4.31. The van der Waals surface area contributed by atoms with Crippen LogP contribution >= 0.6 is 0 Å². The van der Waals surface area contributed by atoms with Gasteiger partial charge in [-0.1, -0.05) is 11.6 Å². The Hall–Kier alpha value is -2.11. The van der Waals surface area contributed by atoms with Crippen LogP contribution in [-0.2, 0) is 16.6 Å². The molecule has 0 radical (unpaired) electrons. The van der Waals surface area contributed by atoms with Gasteiger partial charge >= 0.3 is 0 Å². The molecular weight excluding hydrogens is 316 g/mol. The molecular formula is C19H26N4O2. The van der Waals surface area contributed by atoms with Gasteiger partial charge in [-0.25, -0.2) is 0 Å². The number of likely N-dealkylation sites (tertiary alicyclic amines) is 1. The number of rotatable bonds is 3. The third kappa shape index (κ3) is 2.98. The van der Waals surface area contributed by atoms with Gasteiger partial charge in [0.25, 0.3) is 0 Å². The van der Waals surface area contributed by atoms with Crippen molar-refractivity contribution < 1.29 is 9.59 Å². The molecule has 1 aliphatic carbocycles. The van der Waals surface area contributed by atoms with Crippen LogP contribution in [0.5, 0.6) is 0 Å². The summed E-state index contributed by atoms with van der Waals surface area (Å²) in [5.41, 5.74) is 2.23. The summed E-state index contributed by atoms with van der Waals surface area (Å²) in [6.45, 7) is 3.58. The maximum absolute atomic E-state index is 13.3. The van der Waals surface area contributed by atoms with Crippen LogP contribution in [0.25, 0.3) is 0 Å². The number of hydrogen-bond acceptors (Lipinski definition) is 3. The summed E-state index contributed by atoms with van der Waals surface area (Å²) in [7, 11) is 1.90. The minimum Gasteiger partial charge on any atom is -0.338 e. The normalized spacial score (nSPS) is 27.4. The lowest BCUT2D eigenvalue weighted by Crippen LogP contribution is -2.51. The highest BCUT2D eigenvalue weighted by Crippen LogP contribution is 2.44. The Labute approximate surface area is 148 Å². The summed E-state index contributed by atoms with van der Waals surface area (Å²) in [5, 5.41) is 4.29. The lowest BCUT2D eigenvalue weighted by molar-refractivity contribution is -0.149. The standard InChI is InChI=1S/C19H26N4O2/c1-13-4-3-11-22(12-13)19(25)15-7-8-17(24)23(14-5-6-14)18(15)16-9-10-20-21(16)2/h4,9-10,14-15,18H,3,5-8,11-12H2,1-2H3/t15-,18-/m0/s1. The summed E-state index contributed by atoms with van der Waals surface area (Å²) < 4.78 is 1.82. The predicted molar refractivity (Wildman–Crippen MR) is 93.5 cm³/mol. The van der Waals surface area contributed by atoms with Crippen LogP contribution < -0.4 is 0 Å². The number of hydrogen-bond donors (Lipinski definition) is 0. The summed E-state index contributed by atoms with van der Waals surface area (Å²) >= 11 is 0. The molecule has 0 aromatic carbocycles. The van der Waals surface area contributed by atoms with E-state index in [0.717, 1.165) is 31.5 Å². The van der Waals surface area contributed by atoms with E-state index in [-0.39, 0.29) is 23.8 Å². The molecule has 6 heteroatoms. The molecule has 2 aliphatic heterocycles. The quantitative estimate of drug-likeness (QED) is 0.790. The van der Waals surface area contributed by atoms with Crippen molar-refractivity contribution in [3.05, 3.63) is 29.6 Å². The lowest BCUT2D eigenvalue weighted by Gasteiger charge is -2.42. The minimum atomic E-state index is -0.181. The molecule has 2 fully saturated rings. The molecule has 1 aromatic heterocycles. The monoisotopic (exact) mass is 342 g/mol. The molecule has 2 atom stereocenters. The van der Waals surface area contributed by atoms with Crippen LogP contribution in [0.3, 0.4) is 0 Å². The van der Waals surface area contributed by atoms with Crippen molar-refractivity contribution in [2.75, 3.05) is 13.1 Å². The number of nitrogens with zero attached hydrogens (tertiary/aromatic N) is 4. The van der Waals surface area contributed by atoms with Crippen molar-refractivity contribution >= 4 is 11.8 Å². The van der Waals surface area contributed by atoms with E-state index in [0.29, 0.717) is 25.4 Å². The second kappa shape index (κ2) is 6.32. The van der Waals surface area contributed by atoms with Crippen LogP contribution in [0, 0.1) is 5.92 Å². The van der Waals surface area contributed by atoms with Crippen molar-refractivity contribution in [1.82, 2.24) is 19.6 Å². The van der Waals surface area contributed by atoms with Crippen LogP contribution in [0.2, 0.25) is 0 Å². The maximum Gasteiger partial charge on any atom is 0.228 e. The van der Waals surface area contributed by atoms with Gasteiger partial charge in [-0.3, -0.25) is 14.3 Å². The Bertz CT molecular complexity index is 719. The van der Waals surface area contributed by atoms with Gasteiger partial charge in [0, 0.05) is 38.8 Å². The van der Waals surface area contributed by atoms with Crippen LogP contribution in [-0.4, -0.2) is 50.5 Å². The third-order valence-electron chi connectivity index (χ3n) is 5.70. The third-order valence-corrected chi connectivity index (χ3v) is 5.70. The molecule has 0 N–H and O–H groups in total. The highest BCUT2D eigenvalue weighted by Gasteiger charge is 2.48.